The fourth-order valence-electron chi connectivity index (χ4n) is 2.66. The van der Waals surface area contributed by atoms with Crippen LogP contribution in [0, 0.1) is 0 Å². The van der Waals surface area contributed by atoms with E-state index < -0.39 is 0 Å². The van der Waals surface area contributed by atoms with Crippen LogP contribution in [-0.2, 0) is 4.74 Å². The van der Waals surface area contributed by atoms with Crippen molar-refractivity contribution in [3.8, 4) is 17.2 Å². The maximum absolute atomic E-state index is 12.7. The van der Waals surface area contributed by atoms with Crippen LogP contribution in [0.2, 0.25) is 5.02 Å². The molecule has 0 aliphatic heterocycles. The van der Waals surface area contributed by atoms with Crippen LogP contribution in [0.5, 0.6) is 11.5 Å². The Morgan fingerprint density at radius 1 is 1.07 bits per heavy atom. The number of carbonyl (C=O) groups is 1. The molecule has 3 rings (SSSR count). The molecule has 0 saturated heterocycles. The van der Waals surface area contributed by atoms with Gasteiger partial charge in [0.15, 0.2) is 0 Å². The van der Waals surface area contributed by atoms with E-state index in [4.69, 9.17) is 25.8 Å². The van der Waals surface area contributed by atoms with E-state index in [1.165, 1.54) is 7.11 Å². The molecule has 1 heterocycles. The molecule has 1 N–H and O–H groups in total. The van der Waals surface area contributed by atoms with Gasteiger partial charge in [-0.15, -0.1) is 0 Å². The van der Waals surface area contributed by atoms with Gasteiger partial charge in [-0.05, 0) is 42.5 Å². The van der Waals surface area contributed by atoms with Crippen molar-refractivity contribution < 1.29 is 19.0 Å². The van der Waals surface area contributed by atoms with Gasteiger partial charge in [-0.1, -0.05) is 11.6 Å². The number of aromatic nitrogens is 1. The van der Waals surface area contributed by atoms with Crippen LogP contribution in [0.25, 0.3) is 5.69 Å². The molecule has 0 atom stereocenters. The lowest BCUT2D eigenvalue weighted by molar-refractivity contribution is 0.102. The van der Waals surface area contributed by atoms with E-state index in [0.29, 0.717) is 41.0 Å². The first-order chi connectivity index (χ1) is 13.6. The number of halogens is 1. The zero-order valence-corrected chi connectivity index (χ0v) is 16.4. The van der Waals surface area contributed by atoms with Crippen molar-refractivity contribution in [3.63, 3.8) is 0 Å². The highest BCUT2D eigenvalue weighted by Gasteiger charge is 2.17. The average molecular weight is 401 g/mol. The molecule has 2 aromatic carbocycles. The number of benzene rings is 2. The first kappa shape index (κ1) is 19.8. The summed E-state index contributed by atoms with van der Waals surface area (Å²) in [6.07, 6.45) is 3.74. The Labute approximate surface area is 168 Å². The summed E-state index contributed by atoms with van der Waals surface area (Å²) >= 11 is 6.39. The van der Waals surface area contributed by atoms with Gasteiger partial charge in [-0.25, -0.2) is 0 Å². The third-order valence-electron chi connectivity index (χ3n) is 4.06. The van der Waals surface area contributed by atoms with Crippen LogP contribution in [0.15, 0.2) is 60.9 Å². The van der Waals surface area contributed by atoms with Gasteiger partial charge in [0, 0.05) is 31.3 Å². The third-order valence-corrected chi connectivity index (χ3v) is 4.37. The average Bonchev–Trinajstić information content (AvgIpc) is 3.24. The molecule has 28 heavy (non-hydrogen) atoms. The van der Waals surface area contributed by atoms with Crippen LogP contribution in [-0.4, -0.2) is 37.9 Å². The van der Waals surface area contributed by atoms with Crippen molar-refractivity contribution in [1.29, 1.82) is 0 Å². The molecular formula is C21H21ClN2O4. The van der Waals surface area contributed by atoms with E-state index in [2.05, 4.69) is 5.32 Å². The largest absolute Gasteiger partial charge is 0.496 e. The van der Waals surface area contributed by atoms with E-state index in [1.54, 1.807) is 43.5 Å². The van der Waals surface area contributed by atoms with Gasteiger partial charge >= 0.3 is 0 Å². The Bertz CT molecular complexity index is 924. The second-order valence-corrected chi connectivity index (χ2v) is 6.32. The van der Waals surface area contributed by atoms with Gasteiger partial charge in [-0.2, -0.15) is 0 Å². The Balaban J connectivity index is 1.76. The first-order valence-electron chi connectivity index (χ1n) is 8.66. The number of hydrogen-bond donors (Lipinski definition) is 1. The van der Waals surface area contributed by atoms with Gasteiger partial charge in [0.05, 0.1) is 30.0 Å². The zero-order chi connectivity index (χ0) is 19.9. The van der Waals surface area contributed by atoms with E-state index in [-0.39, 0.29) is 5.91 Å². The van der Waals surface area contributed by atoms with Gasteiger partial charge < -0.3 is 24.1 Å². The highest BCUT2D eigenvalue weighted by molar-refractivity contribution is 6.33. The van der Waals surface area contributed by atoms with Crippen LogP contribution < -0.4 is 14.8 Å². The summed E-state index contributed by atoms with van der Waals surface area (Å²) in [5.41, 5.74) is 1.72. The summed E-state index contributed by atoms with van der Waals surface area (Å²) in [6, 6.07) is 14.2. The van der Waals surface area contributed by atoms with Crippen molar-refractivity contribution in [2.24, 2.45) is 0 Å². The molecule has 6 nitrogen and oxygen atoms in total. The van der Waals surface area contributed by atoms with Crippen molar-refractivity contribution in [1.82, 2.24) is 4.57 Å². The highest BCUT2D eigenvalue weighted by Crippen LogP contribution is 2.30. The van der Waals surface area contributed by atoms with Crippen LogP contribution in [0.3, 0.4) is 0 Å². The molecule has 0 bridgehead atoms. The fraction of sp³-hybridized carbons (Fsp3) is 0.190. The predicted octanol–water partition coefficient (Wildman–Crippen LogP) is 4.42. The molecule has 0 spiro atoms. The number of nitrogens with one attached hydrogen (secondary N) is 1. The van der Waals surface area contributed by atoms with Crippen molar-refractivity contribution in [2.45, 2.75) is 0 Å². The highest BCUT2D eigenvalue weighted by atomic mass is 35.5. The Kier molecular flexibility index (Phi) is 6.57. The molecule has 0 aliphatic carbocycles. The smallest absolute Gasteiger partial charge is 0.259 e. The number of amides is 1. The number of nitrogens with zero attached hydrogens (tertiary/aromatic N) is 1. The number of ether oxygens (including phenoxy) is 3. The fourth-order valence-corrected chi connectivity index (χ4v) is 2.92. The maximum Gasteiger partial charge on any atom is 0.259 e. The van der Waals surface area contributed by atoms with Gasteiger partial charge in [-0.3, -0.25) is 4.79 Å². The molecule has 0 unspecified atom stereocenters. The molecular weight excluding hydrogens is 380 g/mol. The minimum absolute atomic E-state index is 0.314. The Hall–Kier alpha value is -2.96. The second kappa shape index (κ2) is 9.30. The van der Waals surface area contributed by atoms with Crippen molar-refractivity contribution in [2.75, 3.05) is 32.8 Å². The molecule has 0 aliphatic rings. The number of anilines is 1. The first-order valence-corrected chi connectivity index (χ1v) is 9.04. The lowest BCUT2D eigenvalue weighted by Gasteiger charge is -2.14. The molecule has 3 aromatic rings. The number of rotatable bonds is 8. The summed E-state index contributed by atoms with van der Waals surface area (Å²) < 4.78 is 17.7. The van der Waals surface area contributed by atoms with Crippen LogP contribution >= 0.6 is 11.6 Å². The number of hydrogen-bond acceptors (Lipinski definition) is 4. The predicted molar refractivity (Wildman–Crippen MR) is 109 cm³/mol. The molecule has 1 aromatic heterocycles. The summed E-state index contributed by atoms with van der Waals surface area (Å²) in [4.78, 5) is 12.7. The van der Waals surface area contributed by atoms with E-state index in [9.17, 15) is 4.79 Å². The van der Waals surface area contributed by atoms with Crippen LogP contribution in [0.1, 0.15) is 10.4 Å². The molecule has 7 heteroatoms. The Morgan fingerprint density at radius 3 is 2.43 bits per heavy atom. The summed E-state index contributed by atoms with van der Waals surface area (Å²) in [5, 5.41) is 3.29. The molecule has 1 amide bonds. The standard InChI is InChI=1S/C21H21ClN2O4/c1-26-11-12-28-16-7-5-15(6-8-16)23-21(25)17-13-18(22)19(14-20(17)27-2)24-9-3-4-10-24/h3-10,13-14H,11-12H2,1-2H3,(H,23,25). The summed E-state index contributed by atoms with van der Waals surface area (Å²) in [7, 11) is 3.14. The number of methoxy groups -OCH3 is 2. The monoisotopic (exact) mass is 400 g/mol. The normalized spacial score (nSPS) is 10.5. The number of carbonyl (C=O) groups excluding carboxylic acids is 1. The summed E-state index contributed by atoms with van der Waals surface area (Å²) in [6.45, 7) is 0.976. The van der Waals surface area contributed by atoms with Gasteiger partial charge in [0.1, 0.15) is 18.1 Å². The maximum atomic E-state index is 12.7. The summed E-state index contributed by atoms with van der Waals surface area (Å²) in [5.74, 6) is 0.822. The van der Waals surface area contributed by atoms with Gasteiger partial charge in [0.25, 0.3) is 5.91 Å². The topological polar surface area (TPSA) is 61.7 Å². The van der Waals surface area contributed by atoms with E-state index >= 15 is 0 Å². The van der Waals surface area contributed by atoms with Gasteiger partial charge in [0.2, 0.25) is 0 Å². The minimum atomic E-state index is -0.314. The van der Waals surface area contributed by atoms with Crippen molar-refractivity contribution in [3.05, 3.63) is 71.5 Å². The quantitative estimate of drug-likeness (QED) is 0.569. The molecule has 0 fully saturated rings. The molecule has 0 radical (unpaired) electrons. The lowest BCUT2D eigenvalue weighted by atomic mass is 10.1. The lowest BCUT2D eigenvalue weighted by Crippen LogP contribution is -2.14. The molecule has 0 saturated carbocycles. The van der Waals surface area contributed by atoms with E-state index in [0.717, 1.165) is 5.69 Å². The zero-order valence-electron chi connectivity index (χ0n) is 15.6. The van der Waals surface area contributed by atoms with E-state index in [1.807, 2.05) is 29.1 Å². The van der Waals surface area contributed by atoms with Crippen molar-refractivity contribution >= 4 is 23.2 Å². The second-order valence-electron chi connectivity index (χ2n) is 5.91. The van der Waals surface area contributed by atoms with Crippen LogP contribution in [0.4, 0.5) is 5.69 Å². The molecule has 146 valence electrons. The minimum Gasteiger partial charge on any atom is -0.496 e. The Morgan fingerprint density at radius 2 is 1.79 bits per heavy atom. The third kappa shape index (κ3) is 4.65. The SMILES string of the molecule is COCCOc1ccc(NC(=O)c2cc(Cl)c(-n3cccc3)cc2OC)cc1.